The van der Waals surface area contributed by atoms with Crippen LogP contribution in [0.2, 0.25) is 0 Å². The van der Waals surface area contributed by atoms with Gasteiger partial charge in [0.1, 0.15) is 18.1 Å². The van der Waals surface area contributed by atoms with Crippen LogP contribution in [0.3, 0.4) is 0 Å². The highest BCUT2D eigenvalue weighted by Crippen LogP contribution is 2.61. The fourth-order valence-corrected chi connectivity index (χ4v) is 6.04. The molecule has 5 rings (SSSR count). The fourth-order valence-electron chi connectivity index (χ4n) is 6.04. The van der Waals surface area contributed by atoms with Crippen LogP contribution in [0.15, 0.2) is 54.6 Å². The molecule has 0 heterocycles. The Morgan fingerprint density at radius 1 is 0.964 bits per heavy atom. The van der Waals surface area contributed by atoms with Gasteiger partial charge in [-0.15, -0.1) is 0 Å². The Morgan fingerprint density at radius 2 is 1.82 bits per heavy atom. The Morgan fingerprint density at radius 3 is 2.71 bits per heavy atom. The molecule has 0 aromatic heterocycles. The number of hydrogen-bond acceptors (Lipinski definition) is 3. The van der Waals surface area contributed by atoms with Crippen molar-refractivity contribution in [1.29, 1.82) is 0 Å². The highest BCUT2D eigenvalue weighted by molar-refractivity contribution is 5.78. The molecule has 146 valence electrons. The van der Waals surface area contributed by atoms with Crippen LogP contribution in [-0.2, 0) is 16.1 Å². The van der Waals surface area contributed by atoms with Gasteiger partial charge in [-0.25, -0.2) is 0 Å². The van der Waals surface area contributed by atoms with E-state index in [-0.39, 0.29) is 11.4 Å². The second kappa shape index (κ2) is 7.27. The maximum atomic E-state index is 13.2. The highest BCUT2D eigenvalue weighted by atomic mass is 16.5. The molecule has 1 unspecified atom stereocenters. The first-order valence-corrected chi connectivity index (χ1v) is 10.7. The van der Waals surface area contributed by atoms with Gasteiger partial charge in [0.05, 0.1) is 5.41 Å². The lowest BCUT2D eigenvalue weighted by molar-refractivity contribution is -0.168. The van der Waals surface area contributed by atoms with Crippen LogP contribution in [-0.4, -0.2) is 5.97 Å². The lowest BCUT2D eigenvalue weighted by Gasteiger charge is -2.47. The van der Waals surface area contributed by atoms with E-state index in [1.165, 1.54) is 32.1 Å². The molecule has 4 bridgehead atoms. The molecule has 0 saturated heterocycles. The van der Waals surface area contributed by atoms with E-state index in [1.54, 1.807) is 0 Å². The maximum absolute atomic E-state index is 13.2. The number of esters is 1. The van der Waals surface area contributed by atoms with E-state index < -0.39 is 0 Å². The summed E-state index contributed by atoms with van der Waals surface area (Å²) in [6.45, 7) is 0.327. The Kier molecular flexibility index (Phi) is 4.62. The molecule has 0 aliphatic heterocycles. The van der Waals surface area contributed by atoms with Gasteiger partial charge in [-0.05, 0) is 79.7 Å². The summed E-state index contributed by atoms with van der Waals surface area (Å²) in [6, 6.07) is 17.6. The Balaban J connectivity index is 1.26. The number of hydrogen-bond donors (Lipinski definition) is 0. The number of para-hydroxylation sites is 1. The summed E-state index contributed by atoms with van der Waals surface area (Å²) < 4.78 is 11.8. The molecule has 3 fully saturated rings. The summed E-state index contributed by atoms with van der Waals surface area (Å²) in [7, 11) is 0. The van der Waals surface area contributed by atoms with Crippen LogP contribution in [0.4, 0.5) is 0 Å². The van der Waals surface area contributed by atoms with Crippen LogP contribution in [0.1, 0.15) is 50.5 Å². The standard InChI is InChI=1S/C25H28O3/c26-24(25-13-5-7-20(16-25)19-11-12-21(25)15-19)27-17-18-6-4-10-23(14-18)28-22-8-2-1-3-9-22/h1-4,6,8-10,14,19-21H,5,7,11-13,15-17H2/t19-,20+,21-,25?/m0/s1. The molecule has 4 atom stereocenters. The van der Waals surface area contributed by atoms with E-state index in [1.807, 2.05) is 54.6 Å². The Bertz CT molecular complexity index is 846. The van der Waals surface area contributed by atoms with Crippen molar-refractivity contribution >= 4 is 5.97 Å². The van der Waals surface area contributed by atoms with Crippen LogP contribution < -0.4 is 4.74 Å². The first-order chi connectivity index (χ1) is 13.7. The highest BCUT2D eigenvalue weighted by Gasteiger charge is 2.57. The molecular formula is C25H28O3. The van der Waals surface area contributed by atoms with E-state index >= 15 is 0 Å². The minimum Gasteiger partial charge on any atom is -0.460 e. The number of carbonyl (C=O) groups is 1. The van der Waals surface area contributed by atoms with Gasteiger partial charge in [-0.2, -0.15) is 0 Å². The Labute approximate surface area is 167 Å². The van der Waals surface area contributed by atoms with Crippen LogP contribution in [0.5, 0.6) is 11.5 Å². The zero-order valence-corrected chi connectivity index (χ0v) is 16.3. The van der Waals surface area contributed by atoms with Gasteiger partial charge in [0.15, 0.2) is 0 Å². The van der Waals surface area contributed by atoms with E-state index in [9.17, 15) is 4.79 Å². The lowest BCUT2D eigenvalue weighted by atomic mass is 9.57. The smallest absolute Gasteiger partial charge is 0.312 e. The second-order valence-corrected chi connectivity index (χ2v) is 8.92. The topological polar surface area (TPSA) is 35.5 Å². The van der Waals surface area contributed by atoms with Gasteiger partial charge >= 0.3 is 5.97 Å². The summed E-state index contributed by atoms with van der Waals surface area (Å²) in [5.74, 6) is 3.81. The summed E-state index contributed by atoms with van der Waals surface area (Å²) >= 11 is 0. The minimum atomic E-state index is -0.200. The van der Waals surface area contributed by atoms with Crippen LogP contribution in [0, 0.1) is 23.2 Å². The van der Waals surface area contributed by atoms with Crippen LogP contribution >= 0.6 is 0 Å². The molecule has 3 saturated carbocycles. The van der Waals surface area contributed by atoms with Gasteiger partial charge < -0.3 is 9.47 Å². The predicted octanol–water partition coefficient (Wildman–Crippen LogP) is 6.13. The van der Waals surface area contributed by atoms with Crippen molar-refractivity contribution in [1.82, 2.24) is 0 Å². The third kappa shape index (κ3) is 3.21. The number of ether oxygens (including phenoxy) is 2. The van der Waals surface area contributed by atoms with Crippen molar-refractivity contribution in [3.8, 4) is 11.5 Å². The molecule has 3 aliphatic carbocycles. The summed E-state index contributed by atoms with van der Waals surface area (Å²) in [6.07, 6.45) is 8.38. The van der Waals surface area contributed by atoms with Gasteiger partial charge in [0.25, 0.3) is 0 Å². The lowest BCUT2D eigenvalue weighted by Crippen LogP contribution is -2.46. The average molecular weight is 376 g/mol. The number of rotatable bonds is 5. The minimum absolute atomic E-state index is 0.0527. The van der Waals surface area contributed by atoms with E-state index in [0.29, 0.717) is 12.5 Å². The summed E-state index contributed by atoms with van der Waals surface area (Å²) in [5.41, 5.74) is 0.777. The van der Waals surface area contributed by atoms with Crippen molar-refractivity contribution in [2.45, 2.75) is 51.6 Å². The van der Waals surface area contributed by atoms with Crippen LogP contribution in [0.25, 0.3) is 0 Å². The molecular weight excluding hydrogens is 348 g/mol. The summed E-state index contributed by atoms with van der Waals surface area (Å²) in [4.78, 5) is 13.2. The van der Waals surface area contributed by atoms with Gasteiger partial charge in [0.2, 0.25) is 0 Å². The third-order valence-electron chi connectivity index (χ3n) is 7.40. The van der Waals surface area contributed by atoms with E-state index in [2.05, 4.69) is 0 Å². The largest absolute Gasteiger partial charge is 0.460 e. The molecule has 2 aromatic rings. The first-order valence-electron chi connectivity index (χ1n) is 10.7. The average Bonchev–Trinajstić information content (AvgIpc) is 3.20. The summed E-state index contributed by atoms with van der Waals surface area (Å²) in [5, 5.41) is 0. The normalized spacial score (nSPS) is 30.6. The molecule has 0 radical (unpaired) electrons. The zero-order chi connectivity index (χ0) is 19.0. The van der Waals surface area contributed by atoms with Crippen molar-refractivity contribution in [3.05, 3.63) is 60.2 Å². The first kappa shape index (κ1) is 17.8. The van der Waals surface area contributed by atoms with Crippen molar-refractivity contribution in [3.63, 3.8) is 0 Å². The molecule has 3 heteroatoms. The molecule has 0 N–H and O–H groups in total. The maximum Gasteiger partial charge on any atom is 0.312 e. The van der Waals surface area contributed by atoms with E-state index in [4.69, 9.17) is 9.47 Å². The molecule has 28 heavy (non-hydrogen) atoms. The predicted molar refractivity (Wildman–Crippen MR) is 108 cm³/mol. The molecule has 2 aromatic carbocycles. The molecule has 3 aliphatic rings. The Hall–Kier alpha value is -2.29. The molecule has 3 nitrogen and oxygen atoms in total. The number of carbonyl (C=O) groups excluding carboxylic acids is 1. The number of benzene rings is 2. The zero-order valence-electron chi connectivity index (χ0n) is 16.3. The third-order valence-corrected chi connectivity index (χ3v) is 7.40. The van der Waals surface area contributed by atoms with Crippen molar-refractivity contribution in [2.75, 3.05) is 0 Å². The van der Waals surface area contributed by atoms with Gasteiger partial charge in [-0.1, -0.05) is 43.2 Å². The number of fused-ring (bicyclic) bond motifs is 6. The van der Waals surface area contributed by atoms with Crippen molar-refractivity contribution in [2.24, 2.45) is 23.2 Å². The molecule has 0 amide bonds. The molecule has 0 spiro atoms. The van der Waals surface area contributed by atoms with Gasteiger partial charge in [-0.3, -0.25) is 4.79 Å². The second-order valence-electron chi connectivity index (χ2n) is 8.92. The van der Waals surface area contributed by atoms with Gasteiger partial charge in [0, 0.05) is 0 Å². The van der Waals surface area contributed by atoms with E-state index in [0.717, 1.165) is 41.7 Å². The quantitative estimate of drug-likeness (QED) is 0.589. The SMILES string of the molecule is O=C(OCc1cccc(Oc2ccccc2)c1)C12CCC[C@H](C1)[C@H]1CC[C@H]2C1. The monoisotopic (exact) mass is 376 g/mol. The van der Waals surface area contributed by atoms with Crippen molar-refractivity contribution < 1.29 is 14.3 Å². The fraction of sp³-hybridized carbons (Fsp3) is 0.480.